The van der Waals surface area contributed by atoms with Gasteiger partial charge in [-0.1, -0.05) is 30.3 Å². The lowest BCUT2D eigenvalue weighted by molar-refractivity contribution is -0.127. The zero-order valence-electron chi connectivity index (χ0n) is 9.61. The van der Waals surface area contributed by atoms with Crippen molar-refractivity contribution in [3.05, 3.63) is 35.9 Å². The number of rotatable bonds is 5. The fourth-order valence-electron chi connectivity index (χ4n) is 1.60. The molecule has 0 aromatic heterocycles. The van der Waals surface area contributed by atoms with Gasteiger partial charge in [-0.2, -0.15) is 0 Å². The van der Waals surface area contributed by atoms with Gasteiger partial charge in [0.2, 0.25) is 5.91 Å². The second kappa shape index (κ2) is 6.34. The van der Waals surface area contributed by atoms with E-state index in [9.17, 15) is 4.79 Å². The predicted octanol–water partition coefficient (Wildman–Crippen LogP) is -0.204. The molecule has 1 heterocycles. The minimum absolute atomic E-state index is 0.0810. The van der Waals surface area contributed by atoms with Gasteiger partial charge in [-0.05, 0) is 5.56 Å². The zero-order valence-corrected chi connectivity index (χ0v) is 9.61. The number of ether oxygens (including phenoxy) is 1. The quantitative estimate of drug-likeness (QED) is 0.661. The predicted molar refractivity (Wildman–Crippen MR) is 64.0 cm³/mol. The van der Waals surface area contributed by atoms with Gasteiger partial charge in [0, 0.05) is 19.6 Å². The number of hydrazine groups is 1. The number of hydrogen-bond donors (Lipinski definition) is 3. The zero-order chi connectivity index (χ0) is 11.9. The summed E-state index contributed by atoms with van der Waals surface area (Å²) in [6.07, 6.45) is 0.0810. The van der Waals surface area contributed by atoms with Crippen LogP contribution in [0.3, 0.4) is 0 Å². The molecular formula is C12H17N3O2. The van der Waals surface area contributed by atoms with Crippen LogP contribution in [0.15, 0.2) is 30.3 Å². The fraction of sp³-hybridized carbons (Fsp3) is 0.417. The summed E-state index contributed by atoms with van der Waals surface area (Å²) in [5.41, 5.74) is 6.98. The number of carbonyl (C=O) groups is 1. The molecule has 3 N–H and O–H groups in total. The highest BCUT2D eigenvalue weighted by Gasteiger charge is 2.15. The number of carbonyl (C=O) groups excluding carboxylic acids is 1. The number of amides is 1. The van der Waals surface area contributed by atoms with Crippen molar-refractivity contribution in [1.29, 1.82) is 0 Å². The average Bonchev–Trinajstić information content (AvgIpc) is 2.88. The molecule has 5 heteroatoms. The van der Waals surface area contributed by atoms with Gasteiger partial charge in [0.1, 0.15) is 6.61 Å². The third-order valence-electron chi connectivity index (χ3n) is 2.57. The SMILES string of the molecule is O=C(COC1CNNC1)NCc1ccccc1. The van der Waals surface area contributed by atoms with Crippen LogP contribution in [0.4, 0.5) is 0 Å². The van der Waals surface area contributed by atoms with Gasteiger partial charge in [0.25, 0.3) is 0 Å². The van der Waals surface area contributed by atoms with Crippen LogP contribution in [0.25, 0.3) is 0 Å². The second-order valence-electron chi connectivity index (χ2n) is 3.96. The maximum Gasteiger partial charge on any atom is 0.246 e. The molecule has 0 spiro atoms. The van der Waals surface area contributed by atoms with Crippen molar-refractivity contribution in [1.82, 2.24) is 16.2 Å². The first kappa shape index (κ1) is 12.0. The van der Waals surface area contributed by atoms with Crippen LogP contribution >= 0.6 is 0 Å². The van der Waals surface area contributed by atoms with E-state index in [1.54, 1.807) is 0 Å². The first-order valence-corrected chi connectivity index (χ1v) is 5.72. The van der Waals surface area contributed by atoms with Crippen molar-refractivity contribution in [3.8, 4) is 0 Å². The maximum absolute atomic E-state index is 11.5. The Bertz CT molecular complexity index is 350. The summed E-state index contributed by atoms with van der Waals surface area (Å²) in [6.45, 7) is 2.14. The summed E-state index contributed by atoms with van der Waals surface area (Å²) in [4.78, 5) is 11.5. The van der Waals surface area contributed by atoms with E-state index in [1.807, 2.05) is 30.3 Å². The Morgan fingerprint density at radius 2 is 2.00 bits per heavy atom. The van der Waals surface area contributed by atoms with Crippen molar-refractivity contribution < 1.29 is 9.53 Å². The summed E-state index contributed by atoms with van der Waals surface area (Å²) in [5.74, 6) is -0.0826. The molecule has 0 unspecified atom stereocenters. The molecule has 2 rings (SSSR count). The third-order valence-corrected chi connectivity index (χ3v) is 2.57. The number of hydrogen-bond acceptors (Lipinski definition) is 4. The van der Waals surface area contributed by atoms with E-state index in [-0.39, 0.29) is 18.6 Å². The Balaban J connectivity index is 1.64. The molecule has 0 radical (unpaired) electrons. The molecule has 0 saturated carbocycles. The Morgan fingerprint density at radius 3 is 2.71 bits per heavy atom. The Hall–Kier alpha value is -1.43. The van der Waals surface area contributed by atoms with E-state index in [0.717, 1.165) is 18.7 Å². The molecular weight excluding hydrogens is 218 g/mol. The minimum Gasteiger partial charge on any atom is -0.366 e. The van der Waals surface area contributed by atoms with Crippen molar-refractivity contribution in [2.45, 2.75) is 12.6 Å². The van der Waals surface area contributed by atoms with Crippen LogP contribution in [-0.2, 0) is 16.1 Å². The first-order valence-electron chi connectivity index (χ1n) is 5.72. The summed E-state index contributed by atoms with van der Waals surface area (Å²) >= 11 is 0. The highest BCUT2D eigenvalue weighted by atomic mass is 16.5. The Kier molecular flexibility index (Phi) is 4.49. The molecule has 0 aliphatic carbocycles. The standard InChI is InChI=1S/C12H17N3O2/c16-12(9-17-11-7-14-15-8-11)13-6-10-4-2-1-3-5-10/h1-5,11,14-15H,6-9H2,(H,13,16). The topological polar surface area (TPSA) is 62.4 Å². The Labute approximate surface area is 101 Å². The van der Waals surface area contributed by atoms with Gasteiger partial charge in [-0.15, -0.1) is 0 Å². The smallest absolute Gasteiger partial charge is 0.246 e. The lowest BCUT2D eigenvalue weighted by atomic mass is 10.2. The molecule has 1 aromatic rings. The molecule has 1 aliphatic heterocycles. The summed E-state index contributed by atoms with van der Waals surface area (Å²) in [5, 5.41) is 2.82. The van der Waals surface area contributed by atoms with Crippen LogP contribution in [0.2, 0.25) is 0 Å². The molecule has 1 aliphatic rings. The lowest BCUT2D eigenvalue weighted by Gasteiger charge is -2.10. The Morgan fingerprint density at radius 1 is 1.29 bits per heavy atom. The van der Waals surface area contributed by atoms with Gasteiger partial charge >= 0.3 is 0 Å². The highest BCUT2D eigenvalue weighted by Crippen LogP contribution is 1.97. The molecule has 1 aromatic carbocycles. The van der Waals surface area contributed by atoms with Crippen molar-refractivity contribution in [2.24, 2.45) is 0 Å². The number of nitrogens with one attached hydrogen (secondary N) is 3. The molecule has 92 valence electrons. The van der Waals surface area contributed by atoms with E-state index >= 15 is 0 Å². The monoisotopic (exact) mass is 235 g/mol. The average molecular weight is 235 g/mol. The van der Waals surface area contributed by atoms with E-state index < -0.39 is 0 Å². The summed E-state index contributed by atoms with van der Waals surface area (Å²) in [6, 6.07) is 9.81. The van der Waals surface area contributed by atoms with Crippen LogP contribution in [0.1, 0.15) is 5.56 Å². The summed E-state index contributed by atoms with van der Waals surface area (Å²) in [7, 11) is 0. The van der Waals surface area contributed by atoms with Crippen molar-refractivity contribution >= 4 is 5.91 Å². The number of benzene rings is 1. The van der Waals surface area contributed by atoms with E-state index in [0.29, 0.717) is 6.54 Å². The van der Waals surface area contributed by atoms with Gasteiger partial charge < -0.3 is 10.1 Å². The third kappa shape index (κ3) is 4.14. The lowest BCUT2D eigenvalue weighted by Crippen LogP contribution is -2.30. The molecule has 17 heavy (non-hydrogen) atoms. The van der Waals surface area contributed by atoms with E-state index in [1.165, 1.54) is 0 Å². The minimum atomic E-state index is -0.0826. The fourth-order valence-corrected chi connectivity index (χ4v) is 1.60. The van der Waals surface area contributed by atoms with Crippen molar-refractivity contribution in [2.75, 3.05) is 19.7 Å². The maximum atomic E-state index is 11.5. The molecule has 0 atom stereocenters. The molecule has 0 bridgehead atoms. The molecule has 1 fully saturated rings. The van der Waals surface area contributed by atoms with Crippen LogP contribution in [-0.4, -0.2) is 31.7 Å². The van der Waals surface area contributed by atoms with Gasteiger partial charge in [0.05, 0.1) is 6.10 Å². The van der Waals surface area contributed by atoms with Gasteiger partial charge in [-0.3, -0.25) is 15.6 Å². The first-order chi connectivity index (χ1) is 8.34. The normalized spacial score (nSPS) is 16.0. The van der Waals surface area contributed by atoms with Crippen LogP contribution < -0.4 is 16.2 Å². The van der Waals surface area contributed by atoms with E-state index in [2.05, 4.69) is 16.2 Å². The molecule has 5 nitrogen and oxygen atoms in total. The van der Waals surface area contributed by atoms with Gasteiger partial charge in [0.15, 0.2) is 0 Å². The van der Waals surface area contributed by atoms with Crippen molar-refractivity contribution in [3.63, 3.8) is 0 Å². The molecule has 1 amide bonds. The molecule has 1 saturated heterocycles. The van der Waals surface area contributed by atoms with Gasteiger partial charge in [-0.25, -0.2) is 0 Å². The highest BCUT2D eigenvalue weighted by molar-refractivity contribution is 5.77. The summed E-state index contributed by atoms with van der Waals surface area (Å²) < 4.78 is 5.42. The largest absolute Gasteiger partial charge is 0.366 e. The van der Waals surface area contributed by atoms with Crippen LogP contribution in [0, 0.1) is 0 Å². The second-order valence-corrected chi connectivity index (χ2v) is 3.96. The van der Waals surface area contributed by atoms with Crippen LogP contribution in [0.5, 0.6) is 0 Å². The van der Waals surface area contributed by atoms with E-state index in [4.69, 9.17) is 4.74 Å².